The summed E-state index contributed by atoms with van der Waals surface area (Å²) in [7, 11) is 4.20. The summed E-state index contributed by atoms with van der Waals surface area (Å²) in [6, 6.07) is 0.596. The lowest BCUT2D eigenvalue weighted by atomic mass is 9.79. The van der Waals surface area contributed by atoms with E-state index in [-0.39, 0.29) is 0 Å². The van der Waals surface area contributed by atoms with E-state index < -0.39 is 0 Å². The number of rotatable bonds is 4. The molecule has 0 spiro atoms. The normalized spacial score (nSPS) is 27.0. The minimum atomic E-state index is 0.596. The van der Waals surface area contributed by atoms with Crippen molar-refractivity contribution in [3.63, 3.8) is 0 Å². The molecule has 2 aliphatic rings. The van der Waals surface area contributed by atoms with Gasteiger partial charge in [-0.1, -0.05) is 6.42 Å². The molecule has 2 rings (SSSR count). The van der Waals surface area contributed by atoms with Gasteiger partial charge in [-0.3, -0.25) is 4.99 Å². The van der Waals surface area contributed by atoms with E-state index in [1.165, 1.54) is 19.3 Å². The number of nitrogens with two attached hydrogens (primary N) is 1. The van der Waals surface area contributed by atoms with Crippen molar-refractivity contribution in [3.8, 4) is 0 Å². The van der Waals surface area contributed by atoms with Crippen LogP contribution in [0, 0.1) is 5.92 Å². The van der Waals surface area contributed by atoms with E-state index in [0.717, 1.165) is 31.5 Å². The van der Waals surface area contributed by atoms with Crippen molar-refractivity contribution >= 4 is 5.96 Å². The highest BCUT2D eigenvalue weighted by Gasteiger charge is 2.35. The first kappa shape index (κ1) is 10.7. The zero-order valence-corrected chi connectivity index (χ0v) is 9.82. The summed E-state index contributed by atoms with van der Waals surface area (Å²) >= 11 is 0. The van der Waals surface area contributed by atoms with E-state index in [4.69, 9.17) is 5.73 Å². The molecular formula is C11H22N4. The topological polar surface area (TPSA) is 44.9 Å². The first-order valence-corrected chi connectivity index (χ1v) is 5.90. The number of hydrogen-bond donors (Lipinski definition) is 1. The van der Waals surface area contributed by atoms with Crippen molar-refractivity contribution in [1.29, 1.82) is 0 Å². The highest BCUT2D eigenvalue weighted by molar-refractivity contribution is 5.80. The smallest absolute Gasteiger partial charge is 0.191 e. The van der Waals surface area contributed by atoms with Gasteiger partial charge in [-0.25, -0.2) is 0 Å². The number of guanidine groups is 1. The molecule has 0 bridgehead atoms. The summed E-state index contributed by atoms with van der Waals surface area (Å²) in [5, 5.41) is 0. The maximum atomic E-state index is 5.93. The summed E-state index contributed by atoms with van der Waals surface area (Å²) in [6.07, 6.45) is 4.13. The van der Waals surface area contributed by atoms with E-state index in [1.807, 2.05) is 0 Å². The third-order valence-corrected chi connectivity index (χ3v) is 3.62. The Kier molecular flexibility index (Phi) is 3.14. The van der Waals surface area contributed by atoms with Gasteiger partial charge in [0.25, 0.3) is 0 Å². The number of hydrogen-bond acceptors (Lipinski definition) is 4. The number of likely N-dealkylation sites (N-methyl/N-ethyl adjacent to an activating group) is 1. The fraction of sp³-hybridized carbons (Fsp3) is 0.909. The summed E-state index contributed by atoms with van der Waals surface area (Å²) in [4.78, 5) is 8.89. The van der Waals surface area contributed by atoms with Gasteiger partial charge in [-0.2, -0.15) is 0 Å². The summed E-state index contributed by atoms with van der Waals surface area (Å²) < 4.78 is 0. The molecule has 0 amide bonds. The van der Waals surface area contributed by atoms with Crippen LogP contribution >= 0.6 is 0 Å². The Labute approximate surface area is 92.1 Å². The fourth-order valence-electron chi connectivity index (χ4n) is 2.36. The van der Waals surface area contributed by atoms with Crippen LogP contribution in [-0.4, -0.2) is 55.5 Å². The van der Waals surface area contributed by atoms with Crippen LogP contribution in [-0.2, 0) is 0 Å². The van der Waals surface area contributed by atoms with E-state index in [0.29, 0.717) is 6.04 Å². The quantitative estimate of drug-likeness (QED) is 0.728. The zero-order valence-electron chi connectivity index (χ0n) is 9.82. The lowest BCUT2D eigenvalue weighted by molar-refractivity contribution is 0.163. The minimum Gasteiger partial charge on any atom is -0.370 e. The third-order valence-electron chi connectivity index (χ3n) is 3.62. The predicted molar refractivity (Wildman–Crippen MR) is 62.9 cm³/mol. The summed E-state index contributed by atoms with van der Waals surface area (Å²) in [5.74, 6) is 1.60. The molecule has 4 nitrogen and oxygen atoms in total. The molecule has 1 saturated carbocycles. The Morgan fingerprint density at radius 2 is 2.20 bits per heavy atom. The number of aliphatic imine (C=N–C) groups is 1. The first-order valence-electron chi connectivity index (χ1n) is 5.90. The van der Waals surface area contributed by atoms with Crippen LogP contribution in [0.25, 0.3) is 0 Å². The largest absolute Gasteiger partial charge is 0.370 e. The molecule has 1 aliphatic carbocycles. The molecule has 0 radical (unpaired) electrons. The Morgan fingerprint density at radius 3 is 2.73 bits per heavy atom. The second-order valence-electron chi connectivity index (χ2n) is 4.95. The molecule has 1 atom stereocenters. The molecule has 0 saturated heterocycles. The Balaban J connectivity index is 1.89. The first-order chi connectivity index (χ1) is 7.18. The van der Waals surface area contributed by atoms with Gasteiger partial charge in [0, 0.05) is 13.1 Å². The molecule has 2 N–H and O–H groups in total. The molecule has 0 aromatic carbocycles. The Hall–Kier alpha value is -0.770. The van der Waals surface area contributed by atoms with Crippen LogP contribution < -0.4 is 5.73 Å². The molecule has 1 heterocycles. The lowest BCUT2D eigenvalue weighted by Crippen LogP contribution is -2.48. The second kappa shape index (κ2) is 4.39. The van der Waals surface area contributed by atoms with E-state index in [9.17, 15) is 0 Å². The zero-order chi connectivity index (χ0) is 10.8. The summed E-state index contributed by atoms with van der Waals surface area (Å²) in [5.41, 5.74) is 5.93. The van der Waals surface area contributed by atoms with Crippen molar-refractivity contribution < 1.29 is 0 Å². The van der Waals surface area contributed by atoms with Gasteiger partial charge in [-0.05, 0) is 32.9 Å². The molecule has 86 valence electrons. The van der Waals surface area contributed by atoms with Crippen LogP contribution in [0.5, 0.6) is 0 Å². The highest BCUT2D eigenvalue weighted by Crippen LogP contribution is 2.33. The molecule has 0 aromatic rings. The molecule has 1 unspecified atom stereocenters. The van der Waals surface area contributed by atoms with Crippen molar-refractivity contribution in [2.45, 2.75) is 25.3 Å². The lowest BCUT2D eigenvalue weighted by Gasteiger charge is -2.37. The average molecular weight is 210 g/mol. The Bertz CT molecular complexity index is 245. The Morgan fingerprint density at radius 1 is 1.47 bits per heavy atom. The molecule has 1 aliphatic heterocycles. The van der Waals surface area contributed by atoms with Crippen molar-refractivity contribution in [2.24, 2.45) is 16.6 Å². The van der Waals surface area contributed by atoms with E-state index >= 15 is 0 Å². The van der Waals surface area contributed by atoms with Crippen molar-refractivity contribution in [2.75, 3.05) is 33.7 Å². The van der Waals surface area contributed by atoms with Gasteiger partial charge >= 0.3 is 0 Å². The number of nitrogens with zero attached hydrogens (tertiary/aromatic N) is 3. The van der Waals surface area contributed by atoms with Crippen LogP contribution in [0.1, 0.15) is 19.3 Å². The maximum Gasteiger partial charge on any atom is 0.191 e. The fourth-order valence-corrected chi connectivity index (χ4v) is 2.36. The van der Waals surface area contributed by atoms with Gasteiger partial charge in [0.05, 0.1) is 12.6 Å². The molecule has 0 aromatic heterocycles. The highest BCUT2D eigenvalue weighted by atomic mass is 15.3. The van der Waals surface area contributed by atoms with Gasteiger partial charge < -0.3 is 15.5 Å². The van der Waals surface area contributed by atoms with E-state index in [2.05, 4.69) is 28.9 Å². The van der Waals surface area contributed by atoms with Crippen molar-refractivity contribution in [1.82, 2.24) is 9.80 Å². The van der Waals surface area contributed by atoms with Crippen LogP contribution in [0.3, 0.4) is 0 Å². The van der Waals surface area contributed by atoms with Crippen molar-refractivity contribution in [3.05, 3.63) is 0 Å². The second-order valence-corrected chi connectivity index (χ2v) is 4.95. The SMILES string of the molecule is CN(C)CCN1C(N)=NCC1C1CCC1. The summed E-state index contributed by atoms with van der Waals surface area (Å²) in [6.45, 7) is 2.99. The molecule has 1 fully saturated rings. The van der Waals surface area contributed by atoms with E-state index in [1.54, 1.807) is 0 Å². The van der Waals surface area contributed by atoms with Gasteiger partial charge in [0.2, 0.25) is 0 Å². The predicted octanol–water partition coefficient (Wildman–Crippen LogP) is 0.347. The van der Waals surface area contributed by atoms with Crippen LogP contribution in [0.4, 0.5) is 0 Å². The monoisotopic (exact) mass is 210 g/mol. The van der Waals surface area contributed by atoms with Gasteiger partial charge in [0.1, 0.15) is 0 Å². The van der Waals surface area contributed by atoms with Gasteiger partial charge in [0.15, 0.2) is 5.96 Å². The maximum absolute atomic E-state index is 5.93. The average Bonchev–Trinajstić information content (AvgIpc) is 2.42. The molecule has 15 heavy (non-hydrogen) atoms. The van der Waals surface area contributed by atoms with Crippen LogP contribution in [0.2, 0.25) is 0 Å². The molecular weight excluding hydrogens is 188 g/mol. The third kappa shape index (κ3) is 2.25. The standard InChI is InChI=1S/C11H22N4/c1-14(2)6-7-15-10(8-13-11(15)12)9-4-3-5-9/h9-10H,3-8H2,1-2H3,(H2,12,13). The molecule has 4 heteroatoms. The minimum absolute atomic E-state index is 0.596. The van der Waals surface area contributed by atoms with Crippen LogP contribution in [0.15, 0.2) is 4.99 Å². The van der Waals surface area contributed by atoms with Gasteiger partial charge in [-0.15, -0.1) is 0 Å².